The van der Waals surface area contributed by atoms with E-state index in [0.29, 0.717) is 0 Å². The van der Waals surface area contributed by atoms with Gasteiger partial charge >= 0.3 is 0 Å². The molecule has 1 atom stereocenters. The molecule has 0 saturated heterocycles. The van der Waals surface area contributed by atoms with E-state index in [1.54, 1.807) is 0 Å². The van der Waals surface area contributed by atoms with Gasteiger partial charge < -0.3 is 4.90 Å². The monoisotopic (exact) mass is 491 g/mol. The Balaban J connectivity index is 1.29. The SMILES string of the molecule is CCC1(c2ccc(N(c3ccccc3)c3ccccc3)cc2)Cc2cc3c(cc21)C(C)(C)c1ccccc1-3. The minimum Gasteiger partial charge on any atom is -0.311 e. The summed E-state index contributed by atoms with van der Waals surface area (Å²) in [6.45, 7) is 7.12. The van der Waals surface area contributed by atoms with Crippen molar-refractivity contribution in [3.63, 3.8) is 0 Å². The van der Waals surface area contributed by atoms with E-state index < -0.39 is 0 Å². The van der Waals surface area contributed by atoms with Gasteiger partial charge in [-0.2, -0.15) is 0 Å². The molecule has 186 valence electrons. The van der Waals surface area contributed by atoms with Crippen LogP contribution in [-0.4, -0.2) is 0 Å². The fraction of sp³-hybridized carbons (Fsp3) is 0.189. The van der Waals surface area contributed by atoms with Gasteiger partial charge in [-0.1, -0.05) is 106 Å². The van der Waals surface area contributed by atoms with Crippen LogP contribution in [0.15, 0.2) is 121 Å². The van der Waals surface area contributed by atoms with Gasteiger partial charge in [0.1, 0.15) is 0 Å². The first kappa shape index (κ1) is 23.0. The third kappa shape index (κ3) is 3.24. The molecule has 0 aliphatic heterocycles. The van der Waals surface area contributed by atoms with Crippen LogP contribution < -0.4 is 4.90 Å². The summed E-state index contributed by atoms with van der Waals surface area (Å²) in [6.07, 6.45) is 2.21. The van der Waals surface area contributed by atoms with Crippen LogP contribution in [-0.2, 0) is 17.3 Å². The van der Waals surface area contributed by atoms with Crippen LogP contribution in [0.25, 0.3) is 11.1 Å². The number of fused-ring (bicyclic) bond motifs is 4. The van der Waals surface area contributed by atoms with Crippen LogP contribution in [0.3, 0.4) is 0 Å². The summed E-state index contributed by atoms with van der Waals surface area (Å²) in [5.41, 5.74) is 13.9. The Morgan fingerprint density at radius 3 is 1.79 bits per heavy atom. The molecule has 38 heavy (non-hydrogen) atoms. The first-order chi connectivity index (χ1) is 18.5. The van der Waals surface area contributed by atoms with Gasteiger partial charge in [-0.25, -0.2) is 0 Å². The van der Waals surface area contributed by atoms with Crippen molar-refractivity contribution in [1.29, 1.82) is 0 Å². The van der Waals surface area contributed by atoms with Crippen molar-refractivity contribution in [3.8, 4) is 11.1 Å². The van der Waals surface area contributed by atoms with E-state index in [2.05, 4.69) is 147 Å². The quantitative estimate of drug-likeness (QED) is 0.236. The molecule has 5 aromatic rings. The van der Waals surface area contributed by atoms with Gasteiger partial charge in [-0.3, -0.25) is 0 Å². The lowest BCUT2D eigenvalue weighted by atomic mass is 9.58. The standard InChI is InChI=1S/C37H33N/c1-4-37(25-26-23-32-31-17-11-12-18-33(31)36(2,3)35(32)24-34(26)37)27-19-21-30(22-20-27)38(28-13-7-5-8-14-28)29-15-9-6-10-16-29/h5-24H,4,25H2,1-3H3. The van der Waals surface area contributed by atoms with E-state index >= 15 is 0 Å². The molecule has 0 heterocycles. The fourth-order valence-electron chi connectivity index (χ4n) is 7.01. The first-order valence-electron chi connectivity index (χ1n) is 13.8. The van der Waals surface area contributed by atoms with E-state index in [-0.39, 0.29) is 10.8 Å². The van der Waals surface area contributed by atoms with Crippen LogP contribution >= 0.6 is 0 Å². The molecule has 0 fully saturated rings. The summed E-state index contributed by atoms with van der Waals surface area (Å²) < 4.78 is 0. The molecule has 0 spiro atoms. The maximum atomic E-state index is 2.55. The molecule has 0 saturated carbocycles. The zero-order valence-electron chi connectivity index (χ0n) is 22.4. The van der Waals surface area contributed by atoms with E-state index in [9.17, 15) is 0 Å². The molecule has 7 rings (SSSR count). The summed E-state index contributed by atoms with van der Waals surface area (Å²) >= 11 is 0. The lowest BCUT2D eigenvalue weighted by Crippen LogP contribution is -2.40. The average Bonchev–Trinajstić information content (AvgIpc) is 3.17. The Morgan fingerprint density at radius 2 is 1.16 bits per heavy atom. The molecule has 1 nitrogen and oxygen atoms in total. The molecule has 0 bridgehead atoms. The maximum absolute atomic E-state index is 2.55. The van der Waals surface area contributed by atoms with E-state index in [1.807, 2.05) is 0 Å². The minimum absolute atomic E-state index is 0.0335. The summed E-state index contributed by atoms with van der Waals surface area (Å²) in [4.78, 5) is 2.34. The first-order valence-corrected chi connectivity index (χ1v) is 13.8. The topological polar surface area (TPSA) is 3.24 Å². The molecular weight excluding hydrogens is 458 g/mol. The van der Waals surface area contributed by atoms with Crippen LogP contribution in [0, 0.1) is 0 Å². The second-order valence-electron chi connectivity index (χ2n) is 11.4. The third-order valence-corrected chi connectivity index (χ3v) is 9.13. The molecule has 1 heteroatoms. The summed E-state index contributed by atoms with van der Waals surface area (Å²) in [6, 6.07) is 44.6. The van der Waals surface area contributed by atoms with Crippen molar-refractivity contribution >= 4 is 17.1 Å². The van der Waals surface area contributed by atoms with Gasteiger partial charge in [0, 0.05) is 27.9 Å². The lowest BCUT2D eigenvalue weighted by Gasteiger charge is -2.45. The zero-order valence-corrected chi connectivity index (χ0v) is 22.4. The Hall–Kier alpha value is -4.10. The number of hydrogen-bond donors (Lipinski definition) is 0. The van der Waals surface area contributed by atoms with Crippen molar-refractivity contribution in [2.75, 3.05) is 4.90 Å². The molecular formula is C37H33N. The van der Waals surface area contributed by atoms with Gasteiger partial charge in [-0.15, -0.1) is 0 Å². The highest BCUT2D eigenvalue weighted by molar-refractivity contribution is 5.83. The van der Waals surface area contributed by atoms with Crippen molar-refractivity contribution < 1.29 is 0 Å². The molecule has 0 N–H and O–H groups in total. The van der Waals surface area contributed by atoms with Crippen molar-refractivity contribution in [1.82, 2.24) is 0 Å². The highest BCUT2D eigenvalue weighted by atomic mass is 15.1. The molecule has 5 aromatic carbocycles. The van der Waals surface area contributed by atoms with Crippen LogP contribution in [0.5, 0.6) is 0 Å². The van der Waals surface area contributed by atoms with Gasteiger partial charge in [0.25, 0.3) is 0 Å². The van der Waals surface area contributed by atoms with Crippen molar-refractivity contribution in [2.24, 2.45) is 0 Å². The number of nitrogens with zero attached hydrogens (tertiary/aromatic N) is 1. The third-order valence-electron chi connectivity index (χ3n) is 9.13. The average molecular weight is 492 g/mol. The van der Waals surface area contributed by atoms with E-state index in [4.69, 9.17) is 0 Å². The molecule has 0 aromatic heterocycles. The number of para-hydroxylation sites is 2. The summed E-state index contributed by atoms with van der Waals surface area (Å²) in [5, 5.41) is 0. The summed E-state index contributed by atoms with van der Waals surface area (Å²) in [7, 11) is 0. The highest BCUT2D eigenvalue weighted by Gasteiger charge is 2.46. The van der Waals surface area contributed by atoms with Crippen molar-refractivity contribution in [3.05, 3.63) is 149 Å². The second-order valence-corrected chi connectivity index (χ2v) is 11.4. The minimum atomic E-state index is 0.0335. The molecule has 1 unspecified atom stereocenters. The number of hydrogen-bond acceptors (Lipinski definition) is 1. The molecule has 0 radical (unpaired) electrons. The van der Waals surface area contributed by atoms with Crippen LogP contribution in [0.1, 0.15) is 55.0 Å². The highest BCUT2D eigenvalue weighted by Crippen LogP contribution is 2.56. The Bertz CT molecular complexity index is 1590. The largest absolute Gasteiger partial charge is 0.311 e. The Morgan fingerprint density at radius 1 is 0.579 bits per heavy atom. The predicted molar refractivity (Wildman–Crippen MR) is 160 cm³/mol. The predicted octanol–water partition coefficient (Wildman–Crippen LogP) is 9.71. The number of benzene rings is 5. The summed E-state index contributed by atoms with van der Waals surface area (Å²) in [5.74, 6) is 0. The molecule has 0 amide bonds. The Labute approximate surface area is 226 Å². The van der Waals surface area contributed by atoms with Crippen LogP contribution in [0.4, 0.5) is 17.1 Å². The van der Waals surface area contributed by atoms with Gasteiger partial charge in [0.2, 0.25) is 0 Å². The lowest BCUT2D eigenvalue weighted by molar-refractivity contribution is 0.431. The zero-order chi connectivity index (χ0) is 25.9. The second kappa shape index (κ2) is 8.46. The van der Waals surface area contributed by atoms with E-state index in [0.717, 1.165) is 12.8 Å². The molecule has 2 aliphatic carbocycles. The van der Waals surface area contributed by atoms with Gasteiger partial charge in [-0.05, 0) is 88.2 Å². The van der Waals surface area contributed by atoms with Gasteiger partial charge in [0.15, 0.2) is 0 Å². The normalized spacial score (nSPS) is 18.2. The number of anilines is 3. The van der Waals surface area contributed by atoms with E-state index in [1.165, 1.54) is 56.0 Å². The maximum Gasteiger partial charge on any atom is 0.0461 e. The van der Waals surface area contributed by atoms with Crippen LogP contribution in [0.2, 0.25) is 0 Å². The number of rotatable bonds is 5. The molecule has 2 aliphatic rings. The van der Waals surface area contributed by atoms with Gasteiger partial charge in [0.05, 0.1) is 0 Å². The van der Waals surface area contributed by atoms with Crippen molar-refractivity contribution in [2.45, 2.75) is 44.4 Å². The smallest absolute Gasteiger partial charge is 0.0461 e. The fourth-order valence-corrected chi connectivity index (χ4v) is 7.01. The Kier molecular flexibility index (Phi) is 5.13.